The van der Waals surface area contributed by atoms with Crippen molar-refractivity contribution >= 4 is 16.9 Å². The van der Waals surface area contributed by atoms with Gasteiger partial charge in [-0.1, -0.05) is 51.5 Å². The fourth-order valence-corrected chi connectivity index (χ4v) is 3.88. The molecule has 1 atom stereocenters. The molecule has 0 radical (unpaired) electrons. The maximum atomic E-state index is 13.4. The van der Waals surface area contributed by atoms with Gasteiger partial charge in [-0.05, 0) is 55.5 Å². The number of hydrogen-bond acceptors (Lipinski definition) is 4. The largest absolute Gasteiger partial charge is 0.493 e. The van der Waals surface area contributed by atoms with Crippen molar-refractivity contribution < 1.29 is 31.9 Å². The van der Waals surface area contributed by atoms with Crippen LogP contribution in [0.4, 0.5) is 13.2 Å². The van der Waals surface area contributed by atoms with Crippen molar-refractivity contribution in [3.8, 4) is 17.1 Å². The zero-order valence-corrected chi connectivity index (χ0v) is 21.0. The molecular weight excluding hydrogens is 469 g/mol. The number of ether oxygens (including phenoxy) is 2. The quantitative estimate of drug-likeness (QED) is 0.143. The van der Waals surface area contributed by atoms with Crippen LogP contribution in [0.25, 0.3) is 22.3 Å². The minimum absolute atomic E-state index is 0.0354. The number of hydrogen-bond donors (Lipinski definition) is 0. The van der Waals surface area contributed by atoms with Crippen molar-refractivity contribution in [1.82, 2.24) is 0 Å². The lowest BCUT2D eigenvalue weighted by Gasteiger charge is -2.20. The molecule has 1 heterocycles. The highest BCUT2D eigenvalue weighted by Gasteiger charge is 2.41. The molecule has 7 heteroatoms. The molecule has 0 aliphatic heterocycles. The average molecular weight is 503 g/mol. The second kappa shape index (κ2) is 12.2. The summed E-state index contributed by atoms with van der Waals surface area (Å²) in [5.74, 6) is -1.88. The second-order valence-corrected chi connectivity index (χ2v) is 9.04. The van der Waals surface area contributed by atoms with E-state index in [9.17, 15) is 18.0 Å². The molecule has 3 aromatic rings. The third-order valence-electron chi connectivity index (χ3n) is 6.05. The molecule has 0 saturated carbocycles. The van der Waals surface area contributed by atoms with Crippen LogP contribution in [0.2, 0.25) is 0 Å². The summed E-state index contributed by atoms with van der Waals surface area (Å²) in [4.78, 5) is 11.5. The van der Waals surface area contributed by atoms with Crippen LogP contribution in [-0.2, 0) is 22.4 Å². The minimum Gasteiger partial charge on any atom is -0.493 e. The molecule has 0 N–H and O–H groups in total. The second-order valence-electron chi connectivity index (χ2n) is 9.04. The van der Waals surface area contributed by atoms with E-state index in [0.717, 1.165) is 30.2 Å². The van der Waals surface area contributed by atoms with Gasteiger partial charge in [0.25, 0.3) is 0 Å². The first kappa shape index (κ1) is 27.4. The number of aryl methyl sites for hydroxylation is 2. The van der Waals surface area contributed by atoms with Gasteiger partial charge in [-0.25, -0.2) is 4.79 Å². The van der Waals surface area contributed by atoms with Gasteiger partial charge in [0, 0.05) is 22.6 Å². The van der Waals surface area contributed by atoms with Crippen LogP contribution >= 0.6 is 0 Å². The van der Waals surface area contributed by atoms with Gasteiger partial charge in [-0.3, -0.25) is 0 Å². The number of carbonyl (C=O) groups excluding carboxylic acids is 1. The van der Waals surface area contributed by atoms with Gasteiger partial charge in [-0.2, -0.15) is 13.2 Å². The van der Waals surface area contributed by atoms with E-state index in [4.69, 9.17) is 13.9 Å². The highest BCUT2D eigenvalue weighted by Crippen LogP contribution is 2.34. The molecule has 36 heavy (non-hydrogen) atoms. The number of unbranched alkanes of at least 4 members (excludes halogenated alkanes) is 2. The van der Waals surface area contributed by atoms with E-state index >= 15 is 0 Å². The molecule has 194 valence electrons. The van der Waals surface area contributed by atoms with E-state index in [1.807, 2.05) is 6.07 Å². The zero-order chi connectivity index (χ0) is 26.3. The average Bonchev–Trinajstić information content (AvgIpc) is 3.26. The summed E-state index contributed by atoms with van der Waals surface area (Å²) in [6, 6.07) is 13.3. The Kier molecular flexibility index (Phi) is 9.24. The van der Waals surface area contributed by atoms with Gasteiger partial charge in [0.1, 0.15) is 36.2 Å². The maximum absolute atomic E-state index is 13.4. The molecule has 0 aliphatic rings. The Hall–Kier alpha value is -3.22. The third kappa shape index (κ3) is 7.15. The minimum atomic E-state index is -4.59. The zero-order valence-electron chi connectivity index (χ0n) is 21.0. The normalized spacial score (nSPS) is 12.5. The molecular formula is C29H33F3O4. The molecule has 2 aromatic carbocycles. The summed E-state index contributed by atoms with van der Waals surface area (Å²) in [6.07, 6.45) is 0.877. The highest BCUT2D eigenvalue weighted by molar-refractivity contribution is 5.87. The monoisotopic (exact) mass is 502 g/mol. The Morgan fingerprint density at radius 2 is 1.83 bits per heavy atom. The van der Waals surface area contributed by atoms with Crippen LogP contribution in [0, 0.1) is 5.92 Å². The first-order valence-electron chi connectivity index (χ1n) is 12.3. The van der Waals surface area contributed by atoms with E-state index in [1.54, 1.807) is 18.2 Å². The Balaban J connectivity index is 1.74. The third-order valence-corrected chi connectivity index (χ3v) is 6.05. The first-order chi connectivity index (χ1) is 17.1. The number of alkyl halides is 3. The molecule has 4 nitrogen and oxygen atoms in total. The fraction of sp³-hybridized carbons (Fsp3) is 0.414. The van der Waals surface area contributed by atoms with Gasteiger partial charge in [0.2, 0.25) is 0 Å². The topological polar surface area (TPSA) is 48.7 Å². The fourth-order valence-electron chi connectivity index (χ4n) is 3.88. The summed E-state index contributed by atoms with van der Waals surface area (Å²) in [5.41, 5.74) is 4.06. The first-order valence-corrected chi connectivity index (χ1v) is 12.3. The molecule has 1 aromatic heterocycles. The van der Waals surface area contributed by atoms with Crippen molar-refractivity contribution in [3.63, 3.8) is 0 Å². The van der Waals surface area contributed by atoms with Gasteiger partial charge in [0.05, 0.1) is 0 Å². The molecule has 0 spiro atoms. The van der Waals surface area contributed by atoms with E-state index < -0.39 is 31.3 Å². The van der Waals surface area contributed by atoms with Crippen LogP contribution in [0.3, 0.4) is 0 Å². The van der Waals surface area contributed by atoms with Crippen molar-refractivity contribution in [2.45, 2.75) is 59.1 Å². The summed E-state index contributed by atoms with van der Waals surface area (Å²) in [7, 11) is 0. The summed E-state index contributed by atoms with van der Waals surface area (Å²) >= 11 is 0. The summed E-state index contributed by atoms with van der Waals surface area (Å²) in [6.45, 7) is 7.52. The highest BCUT2D eigenvalue weighted by atomic mass is 19.4. The lowest BCUT2D eigenvalue weighted by molar-refractivity contribution is -0.196. The molecule has 0 fully saturated rings. The van der Waals surface area contributed by atoms with Crippen LogP contribution in [0.1, 0.15) is 51.2 Å². The Morgan fingerprint density at radius 3 is 2.50 bits per heavy atom. The molecule has 0 saturated heterocycles. The van der Waals surface area contributed by atoms with Crippen molar-refractivity contribution in [2.75, 3.05) is 13.2 Å². The van der Waals surface area contributed by atoms with E-state index in [0.29, 0.717) is 11.3 Å². The van der Waals surface area contributed by atoms with Crippen LogP contribution in [-0.4, -0.2) is 25.4 Å². The number of benzene rings is 2. The smallest absolute Gasteiger partial charge is 0.398 e. The van der Waals surface area contributed by atoms with E-state index in [2.05, 4.69) is 38.6 Å². The lowest BCUT2D eigenvalue weighted by Crippen LogP contribution is -2.33. The number of halogens is 3. The van der Waals surface area contributed by atoms with Crippen molar-refractivity contribution in [3.05, 3.63) is 65.7 Å². The Morgan fingerprint density at radius 1 is 1.06 bits per heavy atom. The standard InChI is InChI=1S/C29H33F3O4/c1-5-7-8-9-20-10-13-25(21(6-2)14-20)27-15-22-11-12-24(16-26(22)36-27)34-17-23(29(30,31)32)18-35-28(33)19(3)4/h10-16,23H,3,5-9,17-18H2,1-2,4H3. The molecule has 0 bridgehead atoms. The molecule has 1 unspecified atom stereocenters. The van der Waals surface area contributed by atoms with Crippen LogP contribution in [0.15, 0.2) is 59.0 Å². The van der Waals surface area contributed by atoms with Crippen LogP contribution < -0.4 is 4.74 Å². The van der Waals surface area contributed by atoms with Gasteiger partial charge in [-0.15, -0.1) is 0 Å². The van der Waals surface area contributed by atoms with Crippen molar-refractivity contribution in [2.24, 2.45) is 5.92 Å². The molecule has 0 aliphatic carbocycles. The predicted octanol–water partition coefficient (Wildman–Crippen LogP) is 8.07. The molecule has 0 amide bonds. The number of carbonyl (C=O) groups is 1. The lowest BCUT2D eigenvalue weighted by atomic mass is 9.97. The molecule has 3 rings (SSSR count). The van der Waals surface area contributed by atoms with E-state index in [-0.39, 0.29) is 11.3 Å². The number of furan rings is 1. The Labute approximate surface area is 210 Å². The number of fused-ring (bicyclic) bond motifs is 1. The van der Waals surface area contributed by atoms with Gasteiger partial charge < -0.3 is 13.9 Å². The van der Waals surface area contributed by atoms with Gasteiger partial charge >= 0.3 is 12.1 Å². The summed E-state index contributed by atoms with van der Waals surface area (Å²) in [5, 5.41) is 0.828. The maximum Gasteiger partial charge on any atom is 0.398 e. The van der Waals surface area contributed by atoms with E-state index in [1.165, 1.54) is 30.9 Å². The predicted molar refractivity (Wildman–Crippen MR) is 135 cm³/mol. The van der Waals surface area contributed by atoms with Crippen LogP contribution in [0.5, 0.6) is 5.75 Å². The van der Waals surface area contributed by atoms with Crippen molar-refractivity contribution in [1.29, 1.82) is 0 Å². The summed E-state index contributed by atoms with van der Waals surface area (Å²) < 4.78 is 56.4. The van der Waals surface area contributed by atoms with Gasteiger partial charge in [0.15, 0.2) is 0 Å². The SMILES string of the molecule is C=C(C)C(=O)OCC(COc1ccc2cc(-c3ccc(CCCCC)cc3CC)oc2c1)C(F)(F)F. The number of rotatable bonds is 12. The number of esters is 1. The Bertz CT molecular complexity index is 1190.